The van der Waals surface area contributed by atoms with Gasteiger partial charge in [0.25, 0.3) is 0 Å². The maximum atomic E-state index is 12.6. The van der Waals surface area contributed by atoms with Crippen LogP contribution in [0.15, 0.2) is 0 Å². The molecule has 7 heteroatoms. The van der Waals surface area contributed by atoms with Crippen molar-refractivity contribution in [2.24, 2.45) is 11.3 Å². The number of hydrogen-bond acceptors (Lipinski definition) is 4. The van der Waals surface area contributed by atoms with Crippen molar-refractivity contribution in [3.8, 4) is 0 Å². The number of halogens is 1. The maximum absolute atomic E-state index is 12.6. The van der Waals surface area contributed by atoms with Gasteiger partial charge in [-0.15, -0.1) is 12.4 Å². The number of nitrogens with zero attached hydrogens (tertiary/aromatic N) is 1. The van der Waals surface area contributed by atoms with Gasteiger partial charge in [0.1, 0.15) is 9.84 Å². The number of nitrogens with one attached hydrogen (secondary N) is 1. The fourth-order valence-corrected chi connectivity index (χ4v) is 5.33. The van der Waals surface area contributed by atoms with Crippen LogP contribution in [0.4, 0.5) is 0 Å². The van der Waals surface area contributed by atoms with Crippen molar-refractivity contribution in [2.45, 2.75) is 38.1 Å². The Hall–Kier alpha value is -0.330. The zero-order valence-corrected chi connectivity index (χ0v) is 14.1. The number of amides is 1. The van der Waals surface area contributed by atoms with E-state index in [0.29, 0.717) is 12.8 Å². The molecule has 5 nitrogen and oxygen atoms in total. The summed E-state index contributed by atoms with van der Waals surface area (Å²) in [5.74, 6) is 0.897. The lowest BCUT2D eigenvalue weighted by molar-refractivity contribution is -0.134. The van der Waals surface area contributed by atoms with Gasteiger partial charge in [0.05, 0.1) is 11.5 Å². The predicted octanol–water partition coefficient (Wildman–Crippen LogP) is 0.833. The first-order chi connectivity index (χ1) is 9.44. The van der Waals surface area contributed by atoms with Gasteiger partial charge in [0.15, 0.2) is 0 Å². The molecule has 1 amide bonds. The lowest BCUT2D eigenvalue weighted by Gasteiger charge is -2.32. The molecular formula is C14H25ClN2O3S. The molecule has 1 spiro atoms. The summed E-state index contributed by atoms with van der Waals surface area (Å²) in [6.07, 6.45) is 4.45. The fraction of sp³-hybridized carbons (Fsp3) is 0.929. The second-order valence-electron chi connectivity index (χ2n) is 6.70. The largest absolute Gasteiger partial charge is 0.342 e. The normalized spacial score (nSPS) is 30.4. The van der Waals surface area contributed by atoms with Crippen molar-refractivity contribution in [2.75, 3.05) is 31.6 Å². The second kappa shape index (κ2) is 6.05. The average Bonchev–Trinajstić information content (AvgIpc) is 3.11. The lowest BCUT2D eigenvalue weighted by atomic mass is 9.91. The molecule has 3 aliphatic rings. The van der Waals surface area contributed by atoms with E-state index >= 15 is 0 Å². The Labute approximate surface area is 133 Å². The van der Waals surface area contributed by atoms with Crippen LogP contribution >= 0.6 is 12.4 Å². The van der Waals surface area contributed by atoms with Gasteiger partial charge in [-0.25, -0.2) is 8.42 Å². The smallest absolute Gasteiger partial charge is 0.226 e. The Morgan fingerprint density at radius 2 is 1.76 bits per heavy atom. The first kappa shape index (κ1) is 17.0. The van der Waals surface area contributed by atoms with E-state index in [2.05, 4.69) is 5.32 Å². The molecule has 3 rings (SSSR count). The molecular weight excluding hydrogens is 312 g/mol. The van der Waals surface area contributed by atoms with E-state index in [4.69, 9.17) is 0 Å². The van der Waals surface area contributed by atoms with Crippen LogP contribution in [0, 0.1) is 11.3 Å². The van der Waals surface area contributed by atoms with Crippen molar-refractivity contribution in [1.82, 2.24) is 10.2 Å². The Morgan fingerprint density at radius 3 is 2.33 bits per heavy atom. The van der Waals surface area contributed by atoms with Crippen LogP contribution in [0.3, 0.4) is 0 Å². The summed E-state index contributed by atoms with van der Waals surface area (Å²) in [6, 6.07) is 0.116. The highest BCUT2D eigenvalue weighted by Crippen LogP contribution is 2.59. The van der Waals surface area contributed by atoms with Crippen LogP contribution in [0.25, 0.3) is 0 Å². The second-order valence-corrected chi connectivity index (χ2v) is 9.00. The summed E-state index contributed by atoms with van der Waals surface area (Å²) in [5, 5.41) is 3.35. The van der Waals surface area contributed by atoms with Crippen LogP contribution in [0.1, 0.15) is 32.1 Å². The third-order valence-corrected chi connectivity index (χ3v) is 7.22. The van der Waals surface area contributed by atoms with Crippen LogP contribution in [-0.4, -0.2) is 56.9 Å². The molecule has 1 saturated carbocycles. The van der Waals surface area contributed by atoms with Crippen molar-refractivity contribution in [3.05, 3.63) is 0 Å². The van der Waals surface area contributed by atoms with E-state index in [-0.39, 0.29) is 47.2 Å². The quantitative estimate of drug-likeness (QED) is 0.811. The van der Waals surface area contributed by atoms with Crippen molar-refractivity contribution in [3.63, 3.8) is 0 Å². The molecule has 1 unspecified atom stereocenters. The SMILES string of the molecule is CN(C(=O)C1CC12CCNCC2)C1CCS(=O)(=O)CC1.Cl. The van der Waals surface area contributed by atoms with Gasteiger partial charge in [-0.05, 0) is 50.6 Å². The molecule has 3 fully saturated rings. The monoisotopic (exact) mass is 336 g/mol. The molecule has 2 heterocycles. The molecule has 122 valence electrons. The molecule has 1 aliphatic carbocycles. The minimum atomic E-state index is -2.85. The Kier molecular flexibility index (Phi) is 4.90. The summed E-state index contributed by atoms with van der Waals surface area (Å²) in [4.78, 5) is 14.4. The topological polar surface area (TPSA) is 66.5 Å². The molecule has 1 N–H and O–H groups in total. The summed E-state index contributed by atoms with van der Waals surface area (Å²) in [5.41, 5.74) is 0.261. The molecule has 2 aliphatic heterocycles. The highest BCUT2D eigenvalue weighted by atomic mass is 35.5. The maximum Gasteiger partial charge on any atom is 0.226 e. The van der Waals surface area contributed by atoms with Crippen molar-refractivity contribution in [1.29, 1.82) is 0 Å². The van der Waals surface area contributed by atoms with E-state index in [1.54, 1.807) is 0 Å². The van der Waals surface area contributed by atoms with Crippen LogP contribution in [0.5, 0.6) is 0 Å². The molecule has 2 saturated heterocycles. The van der Waals surface area contributed by atoms with E-state index < -0.39 is 9.84 Å². The number of piperidine rings is 1. The first-order valence-electron chi connectivity index (χ1n) is 7.61. The zero-order chi connectivity index (χ0) is 14.4. The Balaban J connectivity index is 0.00000161. The van der Waals surface area contributed by atoms with Crippen LogP contribution in [-0.2, 0) is 14.6 Å². The predicted molar refractivity (Wildman–Crippen MR) is 84.3 cm³/mol. The van der Waals surface area contributed by atoms with E-state index in [1.165, 1.54) is 0 Å². The number of carbonyl (C=O) groups is 1. The number of carbonyl (C=O) groups excluding carboxylic acids is 1. The van der Waals surface area contributed by atoms with Gasteiger partial charge in [-0.3, -0.25) is 4.79 Å². The Bertz CT molecular complexity index is 488. The standard InChI is InChI=1S/C14H24N2O3S.ClH/c1-16(11-2-8-20(18,19)9-3-11)13(17)12-10-14(12)4-6-15-7-5-14;/h11-12,15H,2-10H2,1H3;1H. The molecule has 0 bridgehead atoms. The zero-order valence-electron chi connectivity index (χ0n) is 12.5. The van der Waals surface area contributed by atoms with E-state index in [0.717, 1.165) is 32.4 Å². The third-order valence-electron chi connectivity index (χ3n) is 5.51. The molecule has 0 aromatic rings. The minimum absolute atomic E-state index is 0. The van der Waals surface area contributed by atoms with Gasteiger partial charge in [0, 0.05) is 19.0 Å². The van der Waals surface area contributed by atoms with E-state index in [1.807, 2.05) is 11.9 Å². The molecule has 0 aromatic carbocycles. The number of sulfone groups is 1. The number of rotatable bonds is 2. The van der Waals surface area contributed by atoms with E-state index in [9.17, 15) is 13.2 Å². The first-order valence-corrected chi connectivity index (χ1v) is 9.44. The summed E-state index contributed by atoms with van der Waals surface area (Å²) in [6.45, 7) is 2.05. The highest BCUT2D eigenvalue weighted by molar-refractivity contribution is 7.91. The van der Waals surface area contributed by atoms with Gasteiger partial charge in [-0.2, -0.15) is 0 Å². The fourth-order valence-electron chi connectivity index (χ4n) is 3.86. The van der Waals surface area contributed by atoms with Gasteiger partial charge >= 0.3 is 0 Å². The van der Waals surface area contributed by atoms with Crippen molar-refractivity contribution >= 4 is 28.2 Å². The summed E-state index contributed by atoms with van der Waals surface area (Å²) < 4.78 is 22.9. The summed E-state index contributed by atoms with van der Waals surface area (Å²) >= 11 is 0. The summed E-state index contributed by atoms with van der Waals surface area (Å²) in [7, 11) is -0.994. The van der Waals surface area contributed by atoms with Crippen LogP contribution < -0.4 is 5.32 Å². The van der Waals surface area contributed by atoms with Gasteiger partial charge in [0.2, 0.25) is 5.91 Å². The minimum Gasteiger partial charge on any atom is -0.342 e. The lowest BCUT2D eigenvalue weighted by Crippen LogP contribution is -2.44. The molecule has 0 radical (unpaired) electrons. The Morgan fingerprint density at radius 1 is 1.19 bits per heavy atom. The van der Waals surface area contributed by atoms with Crippen LogP contribution in [0.2, 0.25) is 0 Å². The number of hydrogen-bond donors (Lipinski definition) is 1. The third kappa shape index (κ3) is 3.37. The molecule has 21 heavy (non-hydrogen) atoms. The highest BCUT2D eigenvalue weighted by Gasteiger charge is 2.58. The van der Waals surface area contributed by atoms with Gasteiger partial charge < -0.3 is 10.2 Å². The average molecular weight is 337 g/mol. The molecule has 0 aromatic heterocycles. The molecule has 1 atom stereocenters. The van der Waals surface area contributed by atoms with Gasteiger partial charge in [-0.1, -0.05) is 0 Å². The van der Waals surface area contributed by atoms with Crippen molar-refractivity contribution < 1.29 is 13.2 Å².